The SMILES string of the molecule is FC(F)(F)c1cccc(-n2ccc3ccc4c5ccccc5n(-c5cccc(-c6nc(-c7ccccc7)nc(-c7ccccc7)n6)c5)c4c32)c1. The Morgan fingerprint density at radius 3 is 1.76 bits per heavy atom. The normalized spacial score (nSPS) is 11.9. The van der Waals surface area contributed by atoms with Crippen molar-refractivity contribution in [1.29, 1.82) is 0 Å². The highest BCUT2D eigenvalue weighted by atomic mass is 19.4. The molecule has 0 radical (unpaired) electrons. The molecular weight excluding hydrogens is 631 g/mol. The monoisotopic (exact) mass is 657 g/mol. The van der Waals surface area contributed by atoms with E-state index in [1.165, 1.54) is 12.1 Å². The molecule has 9 aromatic rings. The van der Waals surface area contributed by atoms with Gasteiger partial charge in [0.2, 0.25) is 0 Å². The summed E-state index contributed by atoms with van der Waals surface area (Å²) in [5.41, 5.74) is 5.81. The maximum atomic E-state index is 13.8. The van der Waals surface area contributed by atoms with Crippen LogP contribution in [0.5, 0.6) is 0 Å². The van der Waals surface area contributed by atoms with Crippen molar-refractivity contribution in [3.8, 4) is 45.5 Å². The van der Waals surface area contributed by atoms with Crippen molar-refractivity contribution in [3.05, 3.63) is 163 Å². The van der Waals surface area contributed by atoms with Crippen LogP contribution < -0.4 is 0 Å². The summed E-state index contributed by atoms with van der Waals surface area (Å²) in [5.74, 6) is 1.66. The van der Waals surface area contributed by atoms with E-state index in [1.807, 2.05) is 114 Å². The van der Waals surface area contributed by atoms with Crippen LogP contribution >= 0.6 is 0 Å². The molecule has 0 fully saturated rings. The summed E-state index contributed by atoms with van der Waals surface area (Å²) in [4.78, 5) is 14.7. The molecule has 0 amide bonds. The lowest BCUT2D eigenvalue weighted by atomic mass is 10.1. The van der Waals surface area contributed by atoms with Gasteiger partial charge in [-0.3, -0.25) is 0 Å². The summed E-state index contributed by atoms with van der Waals surface area (Å²) in [5, 5.41) is 2.93. The zero-order valence-corrected chi connectivity index (χ0v) is 26.4. The van der Waals surface area contributed by atoms with Gasteiger partial charge in [-0.25, -0.2) is 15.0 Å². The number of alkyl halides is 3. The molecule has 0 bridgehead atoms. The minimum Gasteiger partial charge on any atom is -0.315 e. The maximum absolute atomic E-state index is 13.8. The molecule has 5 nitrogen and oxygen atoms in total. The third-order valence-electron chi connectivity index (χ3n) is 9.00. The highest BCUT2D eigenvalue weighted by molar-refractivity contribution is 6.18. The van der Waals surface area contributed by atoms with Gasteiger partial charge >= 0.3 is 6.18 Å². The van der Waals surface area contributed by atoms with Crippen molar-refractivity contribution < 1.29 is 13.2 Å². The van der Waals surface area contributed by atoms with Crippen molar-refractivity contribution in [2.45, 2.75) is 6.18 Å². The fourth-order valence-corrected chi connectivity index (χ4v) is 6.71. The van der Waals surface area contributed by atoms with Gasteiger partial charge in [0.15, 0.2) is 17.5 Å². The number of hydrogen-bond acceptors (Lipinski definition) is 3. The fraction of sp³-hybridized carbons (Fsp3) is 0.0238. The molecule has 0 spiro atoms. The molecule has 0 aliphatic heterocycles. The number of halogens is 3. The number of fused-ring (bicyclic) bond motifs is 5. The van der Waals surface area contributed by atoms with Crippen LogP contribution in [0.25, 0.3) is 78.2 Å². The summed E-state index contributed by atoms with van der Waals surface area (Å²) in [6, 6.07) is 47.3. The molecule has 3 heterocycles. The third-order valence-corrected chi connectivity index (χ3v) is 9.00. The molecule has 0 saturated carbocycles. The fourth-order valence-electron chi connectivity index (χ4n) is 6.71. The predicted octanol–water partition coefficient (Wildman–Crippen LogP) is 10.9. The van der Waals surface area contributed by atoms with E-state index in [0.717, 1.165) is 61.2 Å². The van der Waals surface area contributed by atoms with E-state index in [0.29, 0.717) is 23.2 Å². The van der Waals surface area contributed by atoms with Crippen LogP contribution in [0.2, 0.25) is 0 Å². The first-order valence-corrected chi connectivity index (χ1v) is 16.1. The second-order valence-corrected chi connectivity index (χ2v) is 12.1. The number of rotatable bonds is 5. The number of nitrogens with zero attached hydrogens (tertiary/aromatic N) is 5. The summed E-state index contributed by atoms with van der Waals surface area (Å²) < 4.78 is 45.4. The molecule has 0 atom stereocenters. The predicted molar refractivity (Wildman–Crippen MR) is 192 cm³/mol. The van der Waals surface area contributed by atoms with Crippen LogP contribution in [0.4, 0.5) is 13.2 Å². The topological polar surface area (TPSA) is 48.5 Å². The van der Waals surface area contributed by atoms with Crippen LogP contribution in [0.15, 0.2) is 158 Å². The Hall–Kier alpha value is -6.54. The molecule has 0 N–H and O–H groups in total. The summed E-state index contributed by atoms with van der Waals surface area (Å²) >= 11 is 0. The molecule has 240 valence electrons. The molecular formula is C42H26F3N5. The zero-order chi connectivity index (χ0) is 33.8. The number of benzene rings is 6. The molecule has 3 aromatic heterocycles. The lowest BCUT2D eigenvalue weighted by molar-refractivity contribution is -0.137. The second-order valence-electron chi connectivity index (χ2n) is 12.1. The Balaban J connectivity index is 1.29. The quantitative estimate of drug-likeness (QED) is 0.185. The standard InChI is InChI=1S/C42H26F3N5/c43-42(44,45)31-16-10-17-32(26-31)49-24-23-27-21-22-35-34-19-7-8-20-36(34)50(38(35)37(27)49)33-18-9-15-30(25-33)41-47-39(28-11-3-1-4-12-28)46-40(48-41)29-13-5-2-6-14-29/h1-26H. The lowest BCUT2D eigenvalue weighted by Gasteiger charge is -2.14. The van der Waals surface area contributed by atoms with Gasteiger partial charge < -0.3 is 9.13 Å². The minimum atomic E-state index is -4.46. The largest absolute Gasteiger partial charge is 0.416 e. The smallest absolute Gasteiger partial charge is 0.315 e. The zero-order valence-electron chi connectivity index (χ0n) is 26.4. The van der Waals surface area contributed by atoms with Gasteiger partial charge in [-0.15, -0.1) is 0 Å². The van der Waals surface area contributed by atoms with Gasteiger partial charge in [-0.2, -0.15) is 13.2 Å². The minimum absolute atomic E-state index is 0.431. The Morgan fingerprint density at radius 1 is 0.460 bits per heavy atom. The molecule has 0 aliphatic carbocycles. The van der Waals surface area contributed by atoms with Crippen molar-refractivity contribution >= 4 is 32.7 Å². The lowest BCUT2D eigenvalue weighted by Crippen LogP contribution is -2.06. The van der Waals surface area contributed by atoms with Gasteiger partial charge in [0.05, 0.1) is 22.1 Å². The number of para-hydroxylation sites is 1. The van der Waals surface area contributed by atoms with E-state index in [-0.39, 0.29) is 0 Å². The van der Waals surface area contributed by atoms with Crippen molar-refractivity contribution in [3.63, 3.8) is 0 Å². The third kappa shape index (κ3) is 5.00. The second kappa shape index (κ2) is 11.6. The number of aromatic nitrogens is 5. The average Bonchev–Trinajstić information content (AvgIpc) is 3.75. The molecule has 9 rings (SSSR count). The van der Waals surface area contributed by atoms with E-state index in [2.05, 4.69) is 28.8 Å². The van der Waals surface area contributed by atoms with Gasteiger partial charge in [-0.1, -0.05) is 109 Å². The molecule has 0 aliphatic rings. The first kappa shape index (κ1) is 29.6. The van der Waals surface area contributed by atoms with Crippen LogP contribution in [-0.4, -0.2) is 24.1 Å². The molecule has 8 heteroatoms. The average molecular weight is 658 g/mol. The van der Waals surface area contributed by atoms with E-state index in [1.54, 1.807) is 6.07 Å². The van der Waals surface area contributed by atoms with E-state index in [4.69, 9.17) is 15.0 Å². The first-order chi connectivity index (χ1) is 24.4. The Kier molecular flexibility index (Phi) is 6.84. The number of hydrogen-bond donors (Lipinski definition) is 0. The van der Waals surface area contributed by atoms with Gasteiger partial charge in [0, 0.05) is 50.4 Å². The molecule has 50 heavy (non-hydrogen) atoms. The van der Waals surface area contributed by atoms with Crippen LogP contribution in [0, 0.1) is 0 Å². The molecule has 6 aromatic carbocycles. The van der Waals surface area contributed by atoms with Crippen LogP contribution in [-0.2, 0) is 6.18 Å². The maximum Gasteiger partial charge on any atom is 0.416 e. The van der Waals surface area contributed by atoms with Gasteiger partial charge in [0.25, 0.3) is 0 Å². The Bertz CT molecular complexity index is 2640. The Labute approximate surface area is 284 Å². The first-order valence-electron chi connectivity index (χ1n) is 16.1. The van der Waals surface area contributed by atoms with E-state index < -0.39 is 11.7 Å². The van der Waals surface area contributed by atoms with Crippen LogP contribution in [0.3, 0.4) is 0 Å². The van der Waals surface area contributed by atoms with Crippen molar-refractivity contribution in [1.82, 2.24) is 24.1 Å². The van der Waals surface area contributed by atoms with Gasteiger partial charge in [0.1, 0.15) is 0 Å². The van der Waals surface area contributed by atoms with Crippen molar-refractivity contribution in [2.24, 2.45) is 0 Å². The van der Waals surface area contributed by atoms with E-state index >= 15 is 0 Å². The Morgan fingerprint density at radius 2 is 1.06 bits per heavy atom. The highest BCUT2D eigenvalue weighted by Crippen LogP contribution is 2.39. The van der Waals surface area contributed by atoms with Gasteiger partial charge in [-0.05, 0) is 42.5 Å². The summed E-state index contributed by atoms with van der Waals surface area (Å²) in [6.07, 6.45) is -2.63. The highest BCUT2D eigenvalue weighted by Gasteiger charge is 2.30. The summed E-state index contributed by atoms with van der Waals surface area (Å²) in [7, 11) is 0. The van der Waals surface area contributed by atoms with Crippen molar-refractivity contribution in [2.75, 3.05) is 0 Å². The summed E-state index contributed by atoms with van der Waals surface area (Å²) in [6.45, 7) is 0. The molecule has 0 unspecified atom stereocenters. The van der Waals surface area contributed by atoms with E-state index in [9.17, 15) is 13.2 Å². The molecule has 0 saturated heterocycles. The van der Waals surface area contributed by atoms with Crippen LogP contribution in [0.1, 0.15) is 5.56 Å².